The van der Waals surface area contributed by atoms with E-state index in [1.807, 2.05) is 19.9 Å². The number of carbonyl (C=O) groups excluding carboxylic acids is 1. The second-order valence-electron chi connectivity index (χ2n) is 4.59. The third kappa shape index (κ3) is 5.73. The van der Waals surface area contributed by atoms with Crippen molar-refractivity contribution >= 4 is 25.2 Å². The minimum absolute atomic E-state index is 0.253. The molecule has 0 aliphatic carbocycles. The molecule has 5 nitrogen and oxygen atoms in total. The molecule has 0 N–H and O–H groups in total. The molecule has 124 valence electrons. The van der Waals surface area contributed by atoms with Gasteiger partial charge in [0.05, 0.1) is 13.2 Å². The lowest BCUT2D eigenvalue weighted by molar-refractivity contribution is -0.143. The van der Waals surface area contributed by atoms with E-state index in [4.69, 9.17) is 25.4 Å². The van der Waals surface area contributed by atoms with Crippen LogP contribution in [0.4, 0.5) is 0 Å². The smallest absolute Gasteiger partial charge is 0.375 e. The van der Waals surface area contributed by atoms with E-state index >= 15 is 0 Å². The maximum Gasteiger partial charge on any atom is 0.375 e. The lowest BCUT2D eigenvalue weighted by Gasteiger charge is -2.26. The van der Waals surface area contributed by atoms with E-state index in [0.717, 1.165) is 0 Å². The Bertz CT molecular complexity index is 482. The molecule has 22 heavy (non-hydrogen) atoms. The number of halogens is 1. The third-order valence-electron chi connectivity index (χ3n) is 2.67. The third-order valence-corrected chi connectivity index (χ3v) is 4.96. The fourth-order valence-corrected chi connectivity index (χ4v) is 3.76. The van der Waals surface area contributed by atoms with Crippen LogP contribution in [0.2, 0.25) is 0 Å². The van der Waals surface area contributed by atoms with Crippen molar-refractivity contribution in [3.05, 3.63) is 35.9 Å². The van der Waals surface area contributed by atoms with Crippen molar-refractivity contribution in [2.24, 2.45) is 0 Å². The normalized spacial score (nSPS) is 12.9. The topological polar surface area (TPSA) is 61.8 Å². The van der Waals surface area contributed by atoms with E-state index in [0.29, 0.717) is 18.4 Å². The van der Waals surface area contributed by atoms with Crippen LogP contribution in [0, 0.1) is 0 Å². The predicted octanol–water partition coefficient (Wildman–Crippen LogP) is 4.51. The Hall–Kier alpha value is -0.870. The van der Waals surface area contributed by atoms with Crippen molar-refractivity contribution in [3.63, 3.8) is 0 Å². The van der Waals surface area contributed by atoms with Gasteiger partial charge < -0.3 is 13.8 Å². The molecule has 7 heteroatoms. The maximum atomic E-state index is 13.1. The Labute approximate surface area is 136 Å². The van der Waals surface area contributed by atoms with Gasteiger partial charge in [-0.05, 0) is 12.8 Å². The second kappa shape index (κ2) is 10.0. The number of ether oxygens (including phenoxy) is 1. The molecule has 0 aliphatic heterocycles. The highest BCUT2D eigenvalue weighted by molar-refractivity contribution is 7.54. The van der Waals surface area contributed by atoms with Gasteiger partial charge in [0, 0.05) is 5.56 Å². The van der Waals surface area contributed by atoms with E-state index in [-0.39, 0.29) is 19.1 Å². The largest absolute Gasteiger partial charge is 0.443 e. The fraction of sp³-hybridized carbons (Fsp3) is 0.533. The van der Waals surface area contributed by atoms with Crippen LogP contribution in [0.1, 0.15) is 38.1 Å². The summed E-state index contributed by atoms with van der Waals surface area (Å²) in [5.41, 5.74) is 0.552. The molecule has 0 fully saturated rings. The standard InChI is InChI=1S/C15H22ClO5P/c1-3-10-19-22(18,20-11-4-2)15(21-14(17)12-16)13-8-6-5-7-9-13/h5-9,15H,3-4,10-12H2,1-2H3. The molecule has 0 aromatic heterocycles. The summed E-state index contributed by atoms with van der Waals surface area (Å²) in [4.78, 5) is 11.6. The van der Waals surface area contributed by atoms with Crippen LogP contribution < -0.4 is 0 Å². The first-order valence-corrected chi connectivity index (χ1v) is 9.41. The van der Waals surface area contributed by atoms with Crippen LogP contribution in [0.3, 0.4) is 0 Å². The highest BCUT2D eigenvalue weighted by Gasteiger charge is 2.40. The highest BCUT2D eigenvalue weighted by atomic mass is 35.5. The van der Waals surface area contributed by atoms with E-state index in [1.54, 1.807) is 24.3 Å². The molecule has 0 spiro atoms. The molecule has 1 rings (SSSR count). The number of alkyl halides is 1. The number of hydrogen-bond acceptors (Lipinski definition) is 5. The summed E-state index contributed by atoms with van der Waals surface area (Å²) < 4.78 is 29.3. The van der Waals surface area contributed by atoms with Crippen molar-refractivity contribution in [2.75, 3.05) is 19.1 Å². The van der Waals surface area contributed by atoms with E-state index in [9.17, 15) is 9.36 Å². The van der Waals surface area contributed by atoms with Gasteiger partial charge in [-0.25, -0.2) is 0 Å². The maximum absolute atomic E-state index is 13.1. The second-order valence-corrected chi connectivity index (χ2v) is 6.93. The lowest BCUT2D eigenvalue weighted by atomic mass is 10.2. The Kier molecular flexibility index (Phi) is 8.72. The average Bonchev–Trinajstić information content (AvgIpc) is 2.56. The summed E-state index contributed by atoms with van der Waals surface area (Å²) in [6.07, 6.45) is 1.34. The first kappa shape index (κ1) is 19.2. The number of benzene rings is 1. The lowest BCUT2D eigenvalue weighted by Crippen LogP contribution is -2.16. The number of rotatable bonds is 10. The summed E-state index contributed by atoms with van der Waals surface area (Å²) in [5, 5.41) is 0. The van der Waals surface area contributed by atoms with E-state index < -0.39 is 19.4 Å². The molecular weight excluding hydrogens is 327 g/mol. The summed E-state index contributed by atoms with van der Waals surface area (Å²) in [6, 6.07) is 8.77. The van der Waals surface area contributed by atoms with Gasteiger partial charge in [0.15, 0.2) is 0 Å². The van der Waals surface area contributed by atoms with Crippen LogP contribution in [0.5, 0.6) is 0 Å². The van der Waals surface area contributed by atoms with Gasteiger partial charge >= 0.3 is 13.6 Å². The number of esters is 1. The first-order chi connectivity index (χ1) is 10.6. The predicted molar refractivity (Wildman–Crippen MR) is 86.1 cm³/mol. The van der Waals surface area contributed by atoms with Crippen LogP contribution in [0.15, 0.2) is 30.3 Å². The van der Waals surface area contributed by atoms with Gasteiger partial charge in [-0.1, -0.05) is 44.2 Å². The quantitative estimate of drug-likeness (QED) is 0.353. The molecule has 0 heterocycles. The zero-order valence-corrected chi connectivity index (χ0v) is 14.5. The van der Waals surface area contributed by atoms with Crippen molar-refractivity contribution in [3.8, 4) is 0 Å². The molecule has 1 atom stereocenters. The summed E-state index contributed by atoms with van der Waals surface area (Å²) in [7, 11) is -3.65. The Morgan fingerprint density at radius 3 is 2.14 bits per heavy atom. The van der Waals surface area contributed by atoms with Crippen LogP contribution in [-0.2, 0) is 23.1 Å². The molecule has 0 radical (unpaired) electrons. The van der Waals surface area contributed by atoms with Crippen LogP contribution >= 0.6 is 19.2 Å². The summed E-state index contributed by atoms with van der Waals surface area (Å²) in [6.45, 7) is 4.30. The van der Waals surface area contributed by atoms with Gasteiger partial charge in [0.25, 0.3) is 0 Å². The van der Waals surface area contributed by atoms with Crippen molar-refractivity contribution < 1.29 is 23.1 Å². The Morgan fingerprint density at radius 1 is 1.14 bits per heavy atom. The Morgan fingerprint density at radius 2 is 1.68 bits per heavy atom. The van der Waals surface area contributed by atoms with Crippen molar-refractivity contribution in [1.29, 1.82) is 0 Å². The van der Waals surface area contributed by atoms with Crippen LogP contribution in [0.25, 0.3) is 0 Å². The fourth-order valence-electron chi connectivity index (χ4n) is 1.70. The minimum Gasteiger partial charge on any atom is -0.443 e. The van der Waals surface area contributed by atoms with Gasteiger partial charge in [0.2, 0.25) is 5.85 Å². The SMILES string of the molecule is CCCOP(=O)(OCCC)C(OC(=O)CCl)c1ccccc1. The van der Waals surface area contributed by atoms with E-state index in [2.05, 4.69) is 0 Å². The first-order valence-electron chi connectivity index (χ1n) is 7.26. The number of carbonyl (C=O) groups is 1. The molecule has 0 bridgehead atoms. The molecule has 0 saturated carbocycles. The van der Waals surface area contributed by atoms with Crippen molar-refractivity contribution in [1.82, 2.24) is 0 Å². The van der Waals surface area contributed by atoms with Crippen LogP contribution in [-0.4, -0.2) is 25.1 Å². The van der Waals surface area contributed by atoms with Gasteiger partial charge in [-0.2, -0.15) is 0 Å². The zero-order chi connectivity index (χ0) is 16.4. The monoisotopic (exact) mass is 348 g/mol. The molecule has 0 aliphatic rings. The molecule has 0 saturated heterocycles. The van der Waals surface area contributed by atoms with E-state index in [1.165, 1.54) is 0 Å². The minimum atomic E-state index is -3.65. The Balaban J connectivity index is 3.12. The number of hydrogen-bond donors (Lipinski definition) is 0. The van der Waals surface area contributed by atoms with Gasteiger partial charge in [-0.3, -0.25) is 9.36 Å². The van der Waals surface area contributed by atoms with Gasteiger partial charge in [-0.15, -0.1) is 11.6 Å². The molecular formula is C15H22ClO5P. The molecule has 0 amide bonds. The summed E-state index contributed by atoms with van der Waals surface area (Å²) >= 11 is 5.50. The highest BCUT2D eigenvalue weighted by Crippen LogP contribution is 2.61. The summed E-state index contributed by atoms with van der Waals surface area (Å²) in [5.74, 6) is -2.11. The molecule has 1 aromatic carbocycles. The van der Waals surface area contributed by atoms with Gasteiger partial charge in [0.1, 0.15) is 5.88 Å². The molecule has 1 aromatic rings. The van der Waals surface area contributed by atoms with Crippen molar-refractivity contribution in [2.45, 2.75) is 32.5 Å². The average molecular weight is 349 g/mol. The molecule has 1 unspecified atom stereocenters. The zero-order valence-electron chi connectivity index (χ0n) is 12.9.